The summed E-state index contributed by atoms with van der Waals surface area (Å²) in [5, 5.41) is 2.46. The summed E-state index contributed by atoms with van der Waals surface area (Å²) < 4.78 is 2.29. The Balaban J connectivity index is 1.70. The van der Waals surface area contributed by atoms with Crippen LogP contribution in [0.4, 0.5) is 5.69 Å². The van der Waals surface area contributed by atoms with E-state index in [-0.39, 0.29) is 0 Å². The molecule has 2 nitrogen and oxygen atoms in total. The fourth-order valence-corrected chi connectivity index (χ4v) is 3.48. The largest absolute Gasteiger partial charge is 0.318 e. The molecule has 0 saturated heterocycles. The Bertz CT molecular complexity index is 1120. The first-order valence-electron chi connectivity index (χ1n) is 8.91. The van der Waals surface area contributed by atoms with Gasteiger partial charge in [-0.05, 0) is 67.4 Å². The topological polar surface area (TPSA) is 17.3 Å². The maximum atomic E-state index is 4.71. The van der Waals surface area contributed by atoms with Crippen LogP contribution < -0.4 is 0 Å². The van der Waals surface area contributed by atoms with Gasteiger partial charge in [0.1, 0.15) is 0 Å². The fourth-order valence-electron chi connectivity index (χ4n) is 3.48. The minimum atomic E-state index is 0.976. The molecule has 0 amide bonds. The van der Waals surface area contributed by atoms with E-state index in [0.29, 0.717) is 0 Å². The van der Waals surface area contributed by atoms with Gasteiger partial charge in [0.15, 0.2) is 0 Å². The van der Waals surface area contributed by atoms with Crippen LogP contribution in [0.3, 0.4) is 0 Å². The minimum Gasteiger partial charge on any atom is -0.318 e. The van der Waals surface area contributed by atoms with Crippen LogP contribution in [-0.4, -0.2) is 10.8 Å². The van der Waals surface area contributed by atoms with Gasteiger partial charge in [-0.25, -0.2) is 0 Å². The molecular weight excluding hydrogens is 316 g/mol. The Kier molecular flexibility index (Phi) is 4.18. The SMILES string of the molecule is Cc1cccc(-n2c(C)cc(C=Nc3ccc4ccccc4c3)c2C)c1. The first kappa shape index (κ1) is 16.3. The summed E-state index contributed by atoms with van der Waals surface area (Å²) >= 11 is 0. The van der Waals surface area contributed by atoms with Gasteiger partial charge < -0.3 is 4.57 Å². The highest BCUT2D eigenvalue weighted by molar-refractivity contribution is 5.88. The highest BCUT2D eigenvalue weighted by Gasteiger charge is 2.09. The van der Waals surface area contributed by atoms with Crippen LogP contribution in [0.2, 0.25) is 0 Å². The highest BCUT2D eigenvalue weighted by Crippen LogP contribution is 2.23. The van der Waals surface area contributed by atoms with Gasteiger partial charge >= 0.3 is 0 Å². The molecule has 0 fully saturated rings. The van der Waals surface area contributed by atoms with Crippen LogP contribution >= 0.6 is 0 Å². The van der Waals surface area contributed by atoms with Crippen LogP contribution in [-0.2, 0) is 0 Å². The smallest absolute Gasteiger partial charge is 0.0636 e. The molecule has 0 aliphatic heterocycles. The van der Waals surface area contributed by atoms with E-state index < -0.39 is 0 Å². The third-order valence-corrected chi connectivity index (χ3v) is 4.82. The third-order valence-electron chi connectivity index (χ3n) is 4.82. The molecule has 0 N–H and O–H groups in total. The second-order valence-electron chi connectivity index (χ2n) is 6.79. The molecule has 26 heavy (non-hydrogen) atoms. The molecule has 0 atom stereocenters. The Morgan fingerprint density at radius 2 is 1.58 bits per heavy atom. The van der Waals surface area contributed by atoms with Crippen molar-refractivity contribution in [1.29, 1.82) is 0 Å². The van der Waals surface area contributed by atoms with Crippen molar-refractivity contribution in [3.63, 3.8) is 0 Å². The van der Waals surface area contributed by atoms with E-state index in [4.69, 9.17) is 4.99 Å². The molecule has 0 bridgehead atoms. The van der Waals surface area contributed by atoms with Gasteiger partial charge in [-0.1, -0.05) is 42.5 Å². The number of aryl methyl sites for hydroxylation is 2. The molecule has 1 heterocycles. The predicted molar refractivity (Wildman–Crippen MR) is 111 cm³/mol. The molecular formula is C24H22N2. The van der Waals surface area contributed by atoms with Gasteiger partial charge in [-0.2, -0.15) is 0 Å². The lowest BCUT2D eigenvalue weighted by molar-refractivity contribution is 0.963. The number of fused-ring (bicyclic) bond motifs is 1. The maximum Gasteiger partial charge on any atom is 0.0636 e. The van der Waals surface area contributed by atoms with E-state index in [9.17, 15) is 0 Å². The van der Waals surface area contributed by atoms with E-state index >= 15 is 0 Å². The molecule has 0 saturated carbocycles. The second-order valence-corrected chi connectivity index (χ2v) is 6.79. The monoisotopic (exact) mass is 338 g/mol. The molecule has 2 heteroatoms. The third kappa shape index (κ3) is 3.06. The average molecular weight is 338 g/mol. The first-order chi connectivity index (χ1) is 12.6. The molecule has 0 aliphatic rings. The van der Waals surface area contributed by atoms with Gasteiger partial charge in [0.25, 0.3) is 0 Å². The van der Waals surface area contributed by atoms with Crippen molar-refractivity contribution in [2.75, 3.05) is 0 Å². The van der Waals surface area contributed by atoms with Crippen LogP contribution in [0.15, 0.2) is 77.8 Å². The van der Waals surface area contributed by atoms with Crippen LogP contribution in [0.25, 0.3) is 16.5 Å². The summed E-state index contributed by atoms with van der Waals surface area (Å²) in [5.41, 5.74) is 7.01. The summed E-state index contributed by atoms with van der Waals surface area (Å²) in [5.74, 6) is 0. The average Bonchev–Trinajstić information content (AvgIpc) is 2.93. The van der Waals surface area contributed by atoms with E-state index in [1.807, 2.05) is 6.21 Å². The standard InChI is InChI=1S/C24H22N2/c1-17-7-6-10-24(13-17)26-18(2)14-22(19(26)3)16-25-23-12-11-20-8-4-5-9-21(20)15-23/h4-16H,1-3H3. The van der Waals surface area contributed by atoms with E-state index in [2.05, 4.69) is 98.1 Å². The van der Waals surface area contributed by atoms with Crippen molar-refractivity contribution in [2.24, 2.45) is 4.99 Å². The molecule has 4 aromatic rings. The highest BCUT2D eigenvalue weighted by atomic mass is 15.0. The van der Waals surface area contributed by atoms with Gasteiger partial charge in [0, 0.05) is 28.9 Å². The number of benzene rings is 3. The number of hydrogen-bond donors (Lipinski definition) is 0. The summed E-state index contributed by atoms with van der Waals surface area (Å²) in [6, 6.07) is 25.5. The van der Waals surface area contributed by atoms with Crippen LogP contribution in [0.5, 0.6) is 0 Å². The lowest BCUT2D eigenvalue weighted by Gasteiger charge is -2.10. The lowest BCUT2D eigenvalue weighted by Crippen LogP contribution is -1.99. The van der Waals surface area contributed by atoms with Crippen molar-refractivity contribution >= 4 is 22.7 Å². The number of aromatic nitrogens is 1. The Morgan fingerprint density at radius 3 is 2.38 bits per heavy atom. The number of nitrogens with zero attached hydrogens (tertiary/aromatic N) is 2. The van der Waals surface area contributed by atoms with E-state index in [1.165, 1.54) is 33.4 Å². The second kappa shape index (κ2) is 6.64. The summed E-state index contributed by atoms with van der Waals surface area (Å²) in [4.78, 5) is 4.71. The Labute approximate surface area is 154 Å². The first-order valence-corrected chi connectivity index (χ1v) is 8.91. The molecule has 0 spiro atoms. The predicted octanol–water partition coefficient (Wildman–Crippen LogP) is 6.31. The minimum absolute atomic E-state index is 0.976. The van der Waals surface area contributed by atoms with E-state index in [1.54, 1.807) is 0 Å². The molecule has 0 radical (unpaired) electrons. The van der Waals surface area contributed by atoms with Gasteiger partial charge in [-0.3, -0.25) is 4.99 Å². The zero-order chi connectivity index (χ0) is 18.1. The summed E-state index contributed by atoms with van der Waals surface area (Å²) in [7, 11) is 0. The zero-order valence-corrected chi connectivity index (χ0v) is 15.4. The number of hydrogen-bond acceptors (Lipinski definition) is 1. The van der Waals surface area contributed by atoms with Crippen LogP contribution in [0, 0.1) is 20.8 Å². The van der Waals surface area contributed by atoms with Crippen molar-refractivity contribution in [3.8, 4) is 5.69 Å². The van der Waals surface area contributed by atoms with Crippen molar-refractivity contribution in [2.45, 2.75) is 20.8 Å². The maximum absolute atomic E-state index is 4.71. The van der Waals surface area contributed by atoms with Crippen molar-refractivity contribution in [3.05, 3.63) is 95.3 Å². The molecule has 3 aromatic carbocycles. The quantitative estimate of drug-likeness (QED) is 0.390. The number of rotatable bonds is 3. The van der Waals surface area contributed by atoms with Crippen molar-refractivity contribution < 1.29 is 0 Å². The fraction of sp³-hybridized carbons (Fsp3) is 0.125. The van der Waals surface area contributed by atoms with Gasteiger partial charge in [0.2, 0.25) is 0 Å². The van der Waals surface area contributed by atoms with Crippen LogP contribution in [0.1, 0.15) is 22.5 Å². The summed E-state index contributed by atoms with van der Waals surface area (Å²) in [6.45, 7) is 6.42. The zero-order valence-electron chi connectivity index (χ0n) is 15.4. The van der Waals surface area contributed by atoms with Gasteiger partial charge in [0.05, 0.1) is 5.69 Å². The molecule has 128 valence electrons. The Morgan fingerprint density at radius 1 is 0.769 bits per heavy atom. The number of aliphatic imine (C=N–C) groups is 1. The molecule has 4 rings (SSSR count). The van der Waals surface area contributed by atoms with Crippen molar-refractivity contribution in [1.82, 2.24) is 4.57 Å². The Hall–Kier alpha value is -3.13. The molecule has 0 aliphatic carbocycles. The van der Waals surface area contributed by atoms with E-state index in [0.717, 1.165) is 11.3 Å². The van der Waals surface area contributed by atoms with Gasteiger partial charge in [-0.15, -0.1) is 0 Å². The normalized spacial score (nSPS) is 11.5. The summed E-state index contributed by atoms with van der Waals surface area (Å²) in [6.07, 6.45) is 1.97. The molecule has 0 unspecified atom stereocenters. The molecule has 1 aromatic heterocycles. The lowest BCUT2D eigenvalue weighted by atomic mass is 10.1.